The van der Waals surface area contributed by atoms with Gasteiger partial charge in [0.15, 0.2) is 0 Å². The predicted octanol–water partition coefficient (Wildman–Crippen LogP) is 0.595. The number of rotatable bonds is 6. The zero-order chi connectivity index (χ0) is 9.40. The van der Waals surface area contributed by atoms with Gasteiger partial charge in [0.2, 0.25) is 0 Å². The molecule has 0 aliphatic heterocycles. The van der Waals surface area contributed by atoms with Crippen LogP contribution in [0.1, 0.15) is 13.3 Å². The van der Waals surface area contributed by atoms with Gasteiger partial charge in [-0.2, -0.15) is 0 Å². The first-order chi connectivity index (χ1) is 5.70. The number of hydrogen-bond acceptors (Lipinski definition) is 5. The minimum absolute atomic E-state index is 0.172. The molecule has 5 heteroatoms. The Morgan fingerprint density at radius 1 is 1.67 bits per heavy atom. The van der Waals surface area contributed by atoms with E-state index < -0.39 is 12.6 Å². The van der Waals surface area contributed by atoms with Gasteiger partial charge < -0.3 is 14.0 Å². The molecule has 0 saturated carbocycles. The van der Waals surface area contributed by atoms with Crippen LogP contribution in [0.3, 0.4) is 0 Å². The second-order valence-corrected chi connectivity index (χ2v) is 3.08. The van der Waals surface area contributed by atoms with Gasteiger partial charge in [-0.05, 0) is 13.3 Å². The molecule has 0 amide bonds. The molecular formula is C7H14O4S. The van der Waals surface area contributed by atoms with E-state index in [9.17, 15) is 4.79 Å². The fraction of sp³-hybridized carbons (Fsp3) is 0.857. The Labute approximate surface area is 76.4 Å². The van der Waals surface area contributed by atoms with Crippen molar-refractivity contribution in [2.75, 3.05) is 19.5 Å². The molecule has 0 aliphatic rings. The van der Waals surface area contributed by atoms with E-state index in [1.54, 1.807) is 7.11 Å². The van der Waals surface area contributed by atoms with Gasteiger partial charge in [0, 0.05) is 12.9 Å². The first-order valence-corrected chi connectivity index (χ1v) is 4.57. The van der Waals surface area contributed by atoms with Gasteiger partial charge in [-0.15, -0.1) is 0 Å². The summed E-state index contributed by atoms with van der Waals surface area (Å²) in [4.78, 5) is 10.4. The number of hydrogen-bond donors (Lipinski definition) is 1. The van der Waals surface area contributed by atoms with Crippen LogP contribution in [0.5, 0.6) is 0 Å². The zero-order valence-electron chi connectivity index (χ0n) is 7.28. The molecule has 72 valence electrons. The van der Waals surface area contributed by atoms with E-state index in [4.69, 9.17) is 9.84 Å². The number of carbonyl (C=O) groups is 1. The van der Waals surface area contributed by atoms with Gasteiger partial charge in [-0.1, -0.05) is 0 Å². The van der Waals surface area contributed by atoms with Gasteiger partial charge in [0.25, 0.3) is 0 Å². The van der Waals surface area contributed by atoms with Crippen molar-refractivity contribution in [3.05, 3.63) is 0 Å². The van der Waals surface area contributed by atoms with E-state index in [-0.39, 0.29) is 6.10 Å². The SMILES string of the molecule is COC(C)CCSOC(=O)CO. The van der Waals surface area contributed by atoms with Gasteiger partial charge in [-0.25, -0.2) is 4.79 Å². The Morgan fingerprint density at radius 2 is 2.33 bits per heavy atom. The number of ether oxygens (including phenoxy) is 1. The highest BCUT2D eigenvalue weighted by Gasteiger charge is 2.02. The fourth-order valence-electron chi connectivity index (χ4n) is 0.466. The first-order valence-electron chi connectivity index (χ1n) is 3.66. The van der Waals surface area contributed by atoms with Crippen LogP contribution >= 0.6 is 12.0 Å². The van der Waals surface area contributed by atoms with E-state index in [0.717, 1.165) is 18.5 Å². The van der Waals surface area contributed by atoms with Crippen molar-refractivity contribution in [1.29, 1.82) is 0 Å². The molecular weight excluding hydrogens is 180 g/mol. The molecule has 12 heavy (non-hydrogen) atoms. The van der Waals surface area contributed by atoms with Crippen LogP contribution in [0.25, 0.3) is 0 Å². The second kappa shape index (κ2) is 7.39. The lowest BCUT2D eigenvalue weighted by atomic mass is 10.3. The standard InChI is InChI=1S/C7H14O4S/c1-6(10-2)3-4-12-11-7(9)5-8/h6,8H,3-5H2,1-2H3. The van der Waals surface area contributed by atoms with Gasteiger partial charge in [0.05, 0.1) is 18.1 Å². The molecule has 0 heterocycles. The lowest BCUT2D eigenvalue weighted by molar-refractivity contribution is -0.136. The highest BCUT2D eigenvalue weighted by atomic mass is 32.2. The van der Waals surface area contributed by atoms with E-state index in [0.29, 0.717) is 5.75 Å². The molecule has 1 atom stereocenters. The highest BCUT2D eigenvalue weighted by molar-refractivity contribution is 7.95. The normalized spacial score (nSPS) is 12.6. The van der Waals surface area contributed by atoms with Gasteiger partial charge in [-0.3, -0.25) is 0 Å². The summed E-state index contributed by atoms with van der Waals surface area (Å²) in [5.74, 6) is 0.0749. The van der Waals surface area contributed by atoms with Crippen LogP contribution in [-0.2, 0) is 13.7 Å². The average Bonchev–Trinajstić information content (AvgIpc) is 2.11. The van der Waals surface area contributed by atoms with Crippen LogP contribution in [0.15, 0.2) is 0 Å². The molecule has 0 saturated heterocycles. The van der Waals surface area contributed by atoms with Gasteiger partial charge in [0.1, 0.15) is 6.61 Å². The largest absolute Gasteiger partial charge is 0.390 e. The van der Waals surface area contributed by atoms with Crippen molar-refractivity contribution in [3.63, 3.8) is 0 Å². The van der Waals surface area contributed by atoms with Crippen LogP contribution in [-0.4, -0.2) is 36.6 Å². The summed E-state index contributed by atoms with van der Waals surface area (Å²) in [7, 11) is 1.63. The van der Waals surface area contributed by atoms with Crippen molar-refractivity contribution in [2.45, 2.75) is 19.4 Å². The summed E-state index contributed by atoms with van der Waals surface area (Å²) in [5, 5.41) is 8.28. The number of aliphatic hydroxyl groups excluding tert-OH is 1. The molecule has 0 fully saturated rings. The van der Waals surface area contributed by atoms with Crippen molar-refractivity contribution < 1.29 is 18.8 Å². The molecule has 4 nitrogen and oxygen atoms in total. The average molecular weight is 194 g/mol. The summed E-state index contributed by atoms with van der Waals surface area (Å²) in [6.45, 7) is 1.38. The molecule has 0 aromatic rings. The molecule has 1 N–H and O–H groups in total. The molecule has 0 aliphatic carbocycles. The summed E-state index contributed by atoms with van der Waals surface area (Å²) in [6, 6.07) is 0. The van der Waals surface area contributed by atoms with E-state index in [1.165, 1.54) is 0 Å². The van der Waals surface area contributed by atoms with Crippen molar-refractivity contribution in [3.8, 4) is 0 Å². The Hall–Kier alpha value is -0.260. The molecule has 0 rings (SSSR count). The summed E-state index contributed by atoms with van der Waals surface area (Å²) in [5.41, 5.74) is 0. The van der Waals surface area contributed by atoms with E-state index in [1.807, 2.05) is 6.92 Å². The van der Waals surface area contributed by atoms with E-state index in [2.05, 4.69) is 4.18 Å². The minimum atomic E-state index is -0.606. The van der Waals surface area contributed by atoms with Crippen LogP contribution < -0.4 is 0 Å². The predicted molar refractivity (Wildman–Crippen MR) is 46.7 cm³/mol. The highest BCUT2D eigenvalue weighted by Crippen LogP contribution is 2.07. The van der Waals surface area contributed by atoms with Crippen molar-refractivity contribution >= 4 is 18.0 Å². The van der Waals surface area contributed by atoms with Crippen LogP contribution in [0.2, 0.25) is 0 Å². The number of carbonyl (C=O) groups excluding carboxylic acids is 1. The summed E-state index contributed by atoms with van der Waals surface area (Å²) >= 11 is 1.04. The Bertz CT molecular complexity index is 129. The minimum Gasteiger partial charge on any atom is -0.390 e. The topological polar surface area (TPSA) is 55.8 Å². The maximum absolute atomic E-state index is 10.4. The smallest absolute Gasteiger partial charge is 0.343 e. The molecule has 0 aromatic carbocycles. The third-order valence-electron chi connectivity index (χ3n) is 1.29. The first kappa shape index (κ1) is 11.7. The molecule has 1 unspecified atom stereocenters. The third kappa shape index (κ3) is 6.45. The van der Waals surface area contributed by atoms with Gasteiger partial charge >= 0.3 is 5.97 Å². The molecule has 0 bridgehead atoms. The zero-order valence-corrected chi connectivity index (χ0v) is 8.10. The Kier molecular flexibility index (Phi) is 7.23. The lowest BCUT2D eigenvalue weighted by Gasteiger charge is -2.07. The van der Waals surface area contributed by atoms with Crippen molar-refractivity contribution in [2.24, 2.45) is 0 Å². The Balaban J connectivity index is 3.15. The third-order valence-corrected chi connectivity index (χ3v) is 2.00. The molecule has 0 radical (unpaired) electrons. The lowest BCUT2D eigenvalue weighted by Crippen LogP contribution is -2.08. The quantitative estimate of drug-likeness (QED) is 0.495. The fourth-order valence-corrected chi connectivity index (χ4v) is 1.16. The maximum atomic E-state index is 10.4. The maximum Gasteiger partial charge on any atom is 0.343 e. The number of methoxy groups -OCH3 is 1. The Morgan fingerprint density at radius 3 is 2.83 bits per heavy atom. The summed E-state index contributed by atoms with van der Waals surface area (Å²) in [6.07, 6.45) is 0.991. The monoisotopic (exact) mass is 194 g/mol. The molecule has 0 spiro atoms. The van der Waals surface area contributed by atoms with Crippen LogP contribution in [0, 0.1) is 0 Å². The van der Waals surface area contributed by atoms with E-state index >= 15 is 0 Å². The summed E-state index contributed by atoms with van der Waals surface area (Å²) < 4.78 is 9.54. The second-order valence-electron chi connectivity index (χ2n) is 2.27. The van der Waals surface area contributed by atoms with Crippen molar-refractivity contribution in [1.82, 2.24) is 0 Å². The molecule has 0 aromatic heterocycles. The van der Waals surface area contributed by atoms with Crippen LogP contribution in [0.4, 0.5) is 0 Å². The number of aliphatic hydroxyl groups is 1.